The van der Waals surface area contributed by atoms with Gasteiger partial charge in [0.05, 0.1) is 19.8 Å². The summed E-state index contributed by atoms with van der Waals surface area (Å²) in [7, 11) is 1.60. The maximum Gasteiger partial charge on any atom is 0.407 e. The molecule has 1 saturated heterocycles. The lowest BCUT2D eigenvalue weighted by Crippen LogP contribution is -2.37. The number of aliphatic hydroxyl groups is 1. The van der Waals surface area contributed by atoms with E-state index in [1.165, 1.54) is 10.5 Å². The summed E-state index contributed by atoms with van der Waals surface area (Å²) in [5.74, 6) is 1.15. The third kappa shape index (κ3) is 4.70. The Morgan fingerprint density at radius 2 is 1.97 bits per heavy atom. The number of amides is 1. The Hall–Kier alpha value is -2.73. The van der Waals surface area contributed by atoms with Crippen LogP contribution in [0.1, 0.15) is 37.3 Å². The number of aryl methyl sites for hydroxylation is 1. The monoisotopic (exact) mass is 413 g/mol. The molecule has 2 N–H and O–H groups in total. The number of hydrogen-bond acceptors (Lipinski definition) is 4. The summed E-state index contributed by atoms with van der Waals surface area (Å²) >= 11 is 0. The molecule has 1 fully saturated rings. The van der Waals surface area contributed by atoms with Crippen molar-refractivity contribution in [3.63, 3.8) is 0 Å². The standard InChI is InChI=1S/C24H31NO5/c1-17(26)24(2)16-25(23(27)28)15-20(24)19-11-12-21(29-3)22(14-19)30-13-7-10-18-8-5-4-6-9-18/h4-6,8-9,11-12,14,17,20,26H,7,10,13,15-16H2,1-3H3,(H,27,28)/t17-,20+,24+/m1/s1. The fourth-order valence-electron chi connectivity index (χ4n) is 4.20. The minimum absolute atomic E-state index is 0.133. The smallest absolute Gasteiger partial charge is 0.407 e. The highest BCUT2D eigenvalue weighted by Gasteiger charge is 2.48. The van der Waals surface area contributed by atoms with E-state index >= 15 is 0 Å². The van der Waals surface area contributed by atoms with Gasteiger partial charge in [0.15, 0.2) is 11.5 Å². The molecule has 3 atom stereocenters. The van der Waals surface area contributed by atoms with Gasteiger partial charge in [-0.05, 0) is 43.0 Å². The van der Waals surface area contributed by atoms with Gasteiger partial charge >= 0.3 is 6.09 Å². The third-order valence-electron chi connectivity index (χ3n) is 6.26. The van der Waals surface area contributed by atoms with E-state index in [0.717, 1.165) is 18.4 Å². The Labute approximate surface area is 178 Å². The molecule has 0 unspecified atom stereocenters. The van der Waals surface area contributed by atoms with Crippen molar-refractivity contribution in [2.75, 3.05) is 26.8 Å². The summed E-state index contributed by atoms with van der Waals surface area (Å²) in [6, 6.07) is 16.0. The largest absolute Gasteiger partial charge is 0.493 e. The normalized spacial score (nSPS) is 22.0. The van der Waals surface area contributed by atoms with E-state index < -0.39 is 17.6 Å². The maximum absolute atomic E-state index is 11.5. The number of carboxylic acid groups (broad SMARTS) is 1. The zero-order chi connectivity index (χ0) is 21.7. The van der Waals surface area contributed by atoms with Gasteiger partial charge in [0, 0.05) is 24.4 Å². The van der Waals surface area contributed by atoms with Gasteiger partial charge in [0.1, 0.15) is 0 Å². The Morgan fingerprint density at radius 1 is 1.23 bits per heavy atom. The summed E-state index contributed by atoms with van der Waals surface area (Å²) in [4.78, 5) is 12.9. The molecule has 6 nitrogen and oxygen atoms in total. The highest BCUT2D eigenvalue weighted by Crippen LogP contribution is 2.46. The van der Waals surface area contributed by atoms with Crippen LogP contribution >= 0.6 is 0 Å². The van der Waals surface area contributed by atoms with Crippen LogP contribution in [0, 0.1) is 5.41 Å². The molecule has 0 aliphatic carbocycles. The molecule has 0 radical (unpaired) electrons. The average molecular weight is 414 g/mol. The first-order chi connectivity index (χ1) is 14.3. The molecule has 1 aliphatic heterocycles. The van der Waals surface area contributed by atoms with Gasteiger partial charge in [-0.2, -0.15) is 0 Å². The number of likely N-dealkylation sites (tertiary alicyclic amines) is 1. The van der Waals surface area contributed by atoms with Crippen LogP contribution in [0.4, 0.5) is 4.79 Å². The predicted molar refractivity (Wildman–Crippen MR) is 115 cm³/mol. The van der Waals surface area contributed by atoms with Crippen LogP contribution in [-0.2, 0) is 6.42 Å². The SMILES string of the molecule is COc1ccc([C@@H]2CN(C(=O)O)C[C@@]2(C)[C@@H](C)O)cc1OCCCc1ccccc1. The molecule has 0 bridgehead atoms. The molecule has 0 saturated carbocycles. The molecule has 0 aromatic heterocycles. The quantitative estimate of drug-likeness (QED) is 0.635. The van der Waals surface area contributed by atoms with E-state index in [1.54, 1.807) is 14.0 Å². The summed E-state index contributed by atoms with van der Waals surface area (Å²) in [5, 5.41) is 19.9. The topological polar surface area (TPSA) is 79.2 Å². The fourth-order valence-corrected chi connectivity index (χ4v) is 4.20. The summed E-state index contributed by atoms with van der Waals surface area (Å²) in [5.41, 5.74) is 1.65. The molecule has 30 heavy (non-hydrogen) atoms. The molecule has 1 amide bonds. The number of benzene rings is 2. The van der Waals surface area contributed by atoms with Gasteiger partial charge in [0.25, 0.3) is 0 Å². The van der Waals surface area contributed by atoms with Crippen molar-refractivity contribution < 1.29 is 24.5 Å². The Morgan fingerprint density at radius 3 is 2.60 bits per heavy atom. The number of ether oxygens (including phenoxy) is 2. The van der Waals surface area contributed by atoms with Crippen LogP contribution in [0.25, 0.3) is 0 Å². The zero-order valence-corrected chi connectivity index (χ0v) is 17.9. The van der Waals surface area contributed by atoms with Gasteiger partial charge in [-0.25, -0.2) is 4.79 Å². The number of carbonyl (C=O) groups is 1. The van der Waals surface area contributed by atoms with Gasteiger partial charge in [-0.15, -0.1) is 0 Å². The van der Waals surface area contributed by atoms with Crippen LogP contribution in [0.2, 0.25) is 0 Å². The second-order valence-corrected chi connectivity index (χ2v) is 8.25. The van der Waals surface area contributed by atoms with Crippen LogP contribution in [0.5, 0.6) is 11.5 Å². The predicted octanol–water partition coefficient (Wildman–Crippen LogP) is 4.17. The molecular formula is C24H31NO5. The summed E-state index contributed by atoms with van der Waals surface area (Å²) in [6.07, 6.45) is 0.192. The zero-order valence-electron chi connectivity index (χ0n) is 17.9. The summed E-state index contributed by atoms with van der Waals surface area (Å²) in [6.45, 7) is 4.85. The van der Waals surface area contributed by atoms with Crippen LogP contribution in [-0.4, -0.2) is 54.1 Å². The Bertz CT molecular complexity index is 854. The van der Waals surface area contributed by atoms with Gasteiger partial charge in [-0.3, -0.25) is 0 Å². The van der Waals surface area contributed by atoms with Crippen LogP contribution in [0.3, 0.4) is 0 Å². The second kappa shape index (κ2) is 9.39. The van der Waals surface area contributed by atoms with E-state index in [0.29, 0.717) is 31.2 Å². The van der Waals surface area contributed by atoms with Crippen molar-refractivity contribution in [2.24, 2.45) is 5.41 Å². The number of hydrogen-bond donors (Lipinski definition) is 2. The Kier molecular flexibility index (Phi) is 6.87. The highest BCUT2D eigenvalue weighted by atomic mass is 16.5. The first-order valence-corrected chi connectivity index (χ1v) is 10.4. The van der Waals surface area contributed by atoms with Gasteiger partial charge in [-0.1, -0.05) is 43.3 Å². The first kappa shape index (κ1) is 22.0. The van der Waals surface area contributed by atoms with E-state index in [9.17, 15) is 15.0 Å². The van der Waals surface area contributed by atoms with E-state index in [4.69, 9.17) is 9.47 Å². The van der Waals surface area contributed by atoms with Crippen molar-refractivity contribution in [3.8, 4) is 11.5 Å². The summed E-state index contributed by atoms with van der Waals surface area (Å²) < 4.78 is 11.5. The number of aliphatic hydroxyl groups excluding tert-OH is 1. The average Bonchev–Trinajstić information content (AvgIpc) is 3.11. The maximum atomic E-state index is 11.5. The molecule has 162 valence electrons. The van der Waals surface area contributed by atoms with Crippen molar-refractivity contribution in [2.45, 2.75) is 38.7 Å². The molecule has 0 spiro atoms. The third-order valence-corrected chi connectivity index (χ3v) is 6.26. The molecule has 2 aromatic carbocycles. The van der Waals surface area contributed by atoms with Crippen molar-refractivity contribution in [3.05, 3.63) is 59.7 Å². The van der Waals surface area contributed by atoms with Crippen LogP contribution in [0.15, 0.2) is 48.5 Å². The fraction of sp³-hybridized carbons (Fsp3) is 0.458. The molecule has 6 heteroatoms. The van der Waals surface area contributed by atoms with E-state index in [-0.39, 0.29) is 5.92 Å². The number of methoxy groups -OCH3 is 1. The number of rotatable bonds is 8. The van der Waals surface area contributed by atoms with Crippen molar-refractivity contribution in [1.82, 2.24) is 4.90 Å². The molecule has 2 aromatic rings. The number of nitrogens with zero attached hydrogens (tertiary/aromatic N) is 1. The second-order valence-electron chi connectivity index (χ2n) is 8.25. The molecule has 1 heterocycles. The lowest BCUT2D eigenvalue weighted by molar-refractivity contribution is 0.0481. The molecular weight excluding hydrogens is 382 g/mol. The highest BCUT2D eigenvalue weighted by molar-refractivity contribution is 5.66. The lowest BCUT2D eigenvalue weighted by atomic mass is 9.72. The van der Waals surface area contributed by atoms with Gasteiger partial charge in [0.2, 0.25) is 0 Å². The minimum atomic E-state index is -0.963. The molecule has 3 rings (SSSR count). The molecule has 1 aliphatic rings. The first-order valence-electron chi connectivity index (χ1n) is 10.4. The lowest BCUT2D eigenvalue weighted by Gasteiger charge is -2.33. The van der Waals surface area contributed by atoms with E-state index in [1.807, 2.05) is 43.3 Å². The van der Waals surface area contributed by atoms with E-state index in [2.05, 4.69) is 12.1 Å². The van der Waals surface area contributed by atoms with Gasteiger partial charge < -0.3 is 24.6 Å². The van der Waals surface area contributed by atoms with Crippen molar-refractivity contribution in [1.29, 1.82) is 0 Å². The Balaban J connectivity index is 1.75. The minimum Gasteiger partial charge on any atom is -0.493 e. The van der Waals surface area contributed by atoms with Crippen molar-refractivity contribution >= 4 is 6.09 Å². The van der Waals surface area contributed by atoms with Crippen LogP contribution < -0.4 is 9.47 Å².